The molecule has 0 aromatic heterocycles. The predicted octanol–water partition coefficient (Wildman–Crippen LogP) is -0.305. The van der Waals surface area contributed by atoms with Crippen LogP contribution in [0.15, 0.2) is 0 Å². The average molecular weight is 319 g/mol. The van der Waals surface area contributed by atoms with Gasteiger partial charge in [-0.2, -0.15) is 0 Å². The van der Waals surface area contributed by atoms with Crippen molar-refractivity contribution < 1.29 is 24.2 Å². The number of thioether (sulfide) groups is 1. The van der Waals surface area contributed by atoms with Crippen molar-refractivity contribution >= 4 is 29.7 Å². The van der Waals surface area contributed by atoms with Crippen LogP contribution in [0, 0.1) is 0 Å². The number of carbonyl (C=O) groups excluding carboxylic acids is 2. The summed E-state index contributed by atoms with van der Waals surface area (Å²) >= 11 is 1.39. The molecule has 0 aromatic rings. The summed E-state index contributed by atoms with van der Waals surface area (Å²) in [6, 6.07) is -2.16. The van der Waals surface area contributed by atoms with Crippen molar-refractivity contribution in [1.82, 2.24) is 15.5 Å². The van der Waals surface area contributed by atoms with Gasteiger partial charge in [-0.25, -0.2) is 9.59 Å². The second kappa shape index (κ2) is 8.08. The van der Waals surface area contributed by atoms with Gasteiger partial charge < -0.3 is 20.5 Å². The molecule has 0 aromatic carbocycles. The van der Waals surface area contributed by atoms with Crippen LogP contribution in [0.1, 0.15) is 13.8 Å². The number of carboxylic acids is 1. The maximum Gasteiger partial charge on any atom is 0.327 e. The molecular formula is C12H21N3O5S. The summed E-state index contributed by atoms with van der Waals surface area (Å²) in [6.45, 7) is 4.04. The fourth-order valence-electron chi connectivity index (χ4n) is 1.90. The Labute approximate surface area is 127 Å². The van der Waals surface area contributed by atoms with Gasteiger partial charge >= 0.3 is 12.0 Å². The smallest absolute Gasteiger partial charge is 0.327 e. The van der Waals surface area contributed by atoms with Crippen molar-refractivity contribution in [2.75, 3.05) is 26.0 Å². The highest BCUT2D eigenvalue weighted by molar-refractivity contribution is 8.00. The summed E-state index contributed by atoms with van der Waals surface area (Å²) in [6.07, 6.45) is 0. The molecule has 3 amide bonds. The molecule has 1 aliphatic heterocycles. The second-order valence-electron chi connectivity index (χ2n) is 4.65. The quantitative estimate of drug-likeness (QED) is 0.580. The first-order chi connectivity index (χ1) is 9.88. The largest absolute Gasteiger partial charge is 0.480 e. The SMILES string of the molecule is COCCNC(=O)C(C)NC(=O)N1C(C)SCC1C(=O)O. The van der Waals surface area contributed by atoms with Crippen LogP contribution >= 0.6 is 11.8 Å². The van der Waals surface area contributed by atoms with E-state index in [1.807, 2.05) is 0 Å². The van der Waals surface area contributed by atoms with E-state index >= 15 is 0 Å². The van der Waals surface area contributed by atoms with E-state index in [1.165, 1.54) is 23.8 Å². The van der Waals surface area contributed by atoms with Gasteiger partial charge in [0.25, 0.3) is 0 Å². The number of carbonyl (C=O) groups is 3. The molecule has 3 atom stereocenters. The summed E-state index contributed by atoms with van der Waals surface area (Å²) < 4.78 is 4.81. The van der Waals surface area contributed by atoms with E-state index in [0.717, 1.165) is 0 Å². The van der Waals surface area contributed by atoms with Crippen molar-refractivity contribution in [3.63, 3.8) is 0 Å². The molecule has 1 heterocycles. The van der Waals surface area contributed by atoms with Gasteiger partial charge in [-0.15, -0.1) is 11.8 Å². The zero-order valence-corrected chi connectivity index (χ0v) is 13.1. The zero-order valence-electron chi connectivity index (χ0n) is 12.3. The number of aliphatic carboxylic acids is 1. The number of rotatable bonds is 6. The summed E-state index contributed by atoms with van der Waals surface area (Å²) in [5.41, 5.74) is 0. The fourth-order valence-corrected chi connectivity index (χ4v) is 3.06. The lowest BCUT2D eigenvalue weighted by molar-refractivity contribution is -0.141. The number of nitrogens with zero attached hydrogens (tertiary/aromatic N) is 1. The Hall–Kier alpha value is -1.48. The van der Waals surface area contributed by atoms with Crippen LogP contribution in [0.25, 0.3) is 0 Å². The predicted molar refractivity (Wildman–Crippen MR) is 78.1 cm³/mol. The molecular weight excluding hydrogens is 298 g/mol. The van der Waals surface area contributed by atoms with Gasteiger partial charge in [0.2, 0.25) is 5.91 Å². The van der Waals surface area contributed by atoms with E-state index in [-0.39, 0.29) is 11.3 Å². The average Bonchev–Trinajstić information content (AvgIpc) is 2.80. The fraction of sp³-hybridized carbons (Fsp3) is 0.750. The van der Waals surface area contributed by atoms with Crippen LogP contribution in [0.4, 0.5) is 4.79 Å². The number of hydrogen-bond donors (Lipinski definition) is 3. The van der Waals surface area contributed by atoms with E-state index in [0.29, 0.717) is 18.9 Å². The Morgan fingerprint density at radius 2 is 2.14 bits per heavy atom. The van der Waals surface area contributed by atoms with Gasteiger partial charge in [-0.05, 0) is 13.8 Å². The third-order valence-corrected chi connectivity index (χ3v) is 4.30. The molecule has 1 fully saturated rings. The third kappa shape index (κ3) is 4.78. The lowest BCUT2D eigenvalue weighted by Crippen LogP contribution is -2.54. The Morgan fingerprint density at radius 1 is 1.48 bits per heavy atom. The number of carboxylic acid groups (broad SMARTS) is 1. The first-order valence-electron chi connectivity index (χ1n) is 6.58. The number of ether oxygens (including phenoxy) is 1. The molecule has 8 nitrogen and oxygen atoms in total. The van der Waals surface area contributed by atoms with Crippen molar-refractivity contribution in [2.45, 2.75) is 31.3 Å². The first-order valence-corrected chi connectivity index (χ1v) is 7.63. The Kier molecular flexibility index (Phi) is 6.76. The van der Waals surface area contributed by atoms with Crippen molar-refractivity contribution in [3.8, 4) is 0 Å². The topological polar surface area (TPSA) is 108 Å². The minimum atomic E-state index is -1.04. The van der Waals surface area contributed by atoms with E-state index < -0.39 is 24.1 Å². The standard InChI is InChI=1S/C12H21N3O5S/c1-7(10(16)13-4-5-20-3)14-12(19)15-8(2)21-6-9(15)11(17)18/h7-9H,4-6H2,1-3H3,(H,13,16)(H,14,19)(H,17,18). The van der Waals surface area contributed by atoms with Crippen molar-refractivity contribution in [1.29, 1.82) is 0 Å². The highest BCUT2D eigenvalue weighted by Crippen LogP contribution is 2.28. The summed E-state index contributed by atoms with van der Waals surface area (Å²) in [5, 5.41) is 14.0. The highest BCUT2D eigenvalue weighted by Gasteiger charge is 2.40. The maximum absolute atomic E-state index is 12.1. The maximum atomic E-state index is 12.1. The molecule has 0 aliphatic carbocycles. The summed E-state index contributed by atoms with van der Waals surface area (Å²) in [4.78, 5) is 36.3. The highest BCUT2D eigenvalue weighted by atomic mass is 32.2. The minimum Gasteiger partial charge on any atom is -0.480 e. The molecule has 0 radical (unpaired) electrons. The summed E-state index contributed by atoms with van der Waals surface area (Å²) in [7, 11) is 1.52. The van der Waals surface area contributed by atoms with Gasteiger partial charge in [0.05, 0.1) is 12.0 Å². The molecule has 21 heavy (non-hydrogen) atoms. The normalized spacial score (nSPS) is 22.7. The van der Waals surface area contributed by atoms with Crippen LogP contribution in [-0.2, 0) is 14.3 Å². The number of hydrogen-bond acceptors (Lipinski definition) is 5. The van der Waals surface area contributed by atoms with E-state index in [9.17, 15) is 14.4 Å². The summed E-state index contributed by atoms with van der Waals surface area (Å²) in [5.74, 6) is -1.04. The Morgan fingerprint density at radius 3 is 2.71 bits per heavy atom. The third-order valence-electron chi connectivity index (χ3n) is 3.08. The van der Waals surface area contributed by atoms with Gasteiger partial charge in [-0.3, -0.25) is 9.69 Å². The van der Waals surface area contributed by atoms with Crippen LogP contribution < -0.4 is 10.6 Å². The number of urea groups is 1. The molecule has 1 saturated heterocycles. The van der Waals surface area contributed by atoms with Crippen LogP contribution in [0.2, 0.25) is 0 Å². The number of nitrogens with one attached hydrogen (secondary N) is 2. The molecule has 3 N–H and O–H groups in total. The molecule has 0 saturated carbocycles. The first kappa shape index (κ1) is 17.6. The number of methoxy groups -OCH3 is 1. The molecule has 3 unspecified atom stereocenters. The van der Waals surface area contributed by atoms with Gasteiger partial charge in [0.1, 0.15) is 12.1 Å². The molecule has 0 bridgehead atoms. The van der Waals surface area contributed by atoms with E-state index in [1.54, 1.807) is 13.8 Å². The Balaban J connectivity index is 2.54. The lowest BCUT2D eigenvalue weighted by atomic mass is 10.3. The minimum absolute atomic E-state index is 0.241. The molecule has 1 aliphatic rings. The molecule has 1 rings (SSSR count). The van der Waals surface area contributed by atoms with Crippen LogP contribution in [0.3, 0.4) is 0 Å². The monoisotopic (exact) mass is 319 g/mol. The van der Waals surface area contributed by atoms with Gasteiger partial charge in [0, 0.05) is 19.4 Å². The Bertz CT molecular complexity index is 406. The lowest BCUT2D eigenvalue weighted by Gasteiger charge is -2.26. The van der Waals surface area contributed by atoms with Gasteiger partial charge in [0.15, 0.2) is 0 Å². The molecule has 9 heteroatoms. The van der Waals surface area contributed by atoms with Gasteiger partial charge in [-0.1, -0.05) is 0 Å². The zero-order chi connectivity index (χ0) is 16.0. The number of amides is 3. The van der Waals surface area contributed by atoms with Crippen molar-refractivity contribution in [3.05, 3.63) is 0 Å². The van der Waals surface area contributed by atoms with E-state index in [4.69, 9.17) is 9.84 Å². The van der Waals surface area contributed by atoms with Crippen LogP contribution in [0.5, 0.6) is 0 Å². The molecule has 0 spiro atoms. The van der Waals surface area contributed by atoms with E-state index in [2.05, 4.69) is 10.6 Å². The van der Waals surface area contributed by atoms with Crippen LogP contribution in [-0.4, -0.2) is 71.4 Å². The van der Waals surface area contributed by atoms with Crippen molar-refractivity contribution in [2.24, 2.45) is 0 Å². The molecule has 120 valence electrons. The second-order valence-corrected chi connectivity index (χ2v) is 6.00.